The number of aliphatic hydroxyl groups is 1. The number of benzene rings is 1. The normalized spacial score (nSPS) is 20.6. The number of nitrogens with two attached hydrogens (primary N) is 1. The predicted molar refractivity (Wildman–Crippen MR) is 158 cm³/mol. The molecule has 3 aromatic heterocycles. The van der Waals surface area contributed by atoms with Crippen molar-refractivity contribution in [2.45, 2.75) is 49.7 Å². The van der Waals surface area contributed by atoms with Gasteiger partial charge in [0, 0.05) is 28.3 Å². The number of pyridine rings is 2. The summed E-state index contributed by atoms with van der Waals surface area (Å²) in [4.78, 5) is 34.6. The molecule has 13 heteroatoms. The number of hydrogen-bond acceptors (Lipinski definition) is 8. The Bertz CT molecular complexity index is 1860. The first-order chi connectivity index (χ1) is 21.0. The van der Waals surface area contributed by atoms with Gasteiger partial charge in [-0.15, -0.1) is 0 Å². The Balaban J connectivity index is 1.27. The topological polar surface area (TPSA) is 154 Å². The fraction of sp³-hybridized carbons (Fsp3) is 0.387. The third kappa shape index (κ3) is 4.63. The molecular formula is C31H30ClFN6O5. The fourth-order valence-corrected chi connectivity index (χ4v) is 6.00. The van der Waals surface area contributed by atoms with Crippen molar-refractivity contribution in [2.24, 2.45) is 11.7 Å². The van der Waals surface area contributed by atoms with Gasteiger partial charge in [-0.05, 0) is 62.8 Å². The van der Waals surface area contributed by atoms with Gasteiger partial charge in [0.25, 0.3) is 5.91 Å². The van der Waals surface area contributed by atoms with Crippen LogP contribution >= 0.6 is 11.6 Å². The van der Waals surface area contributed by atoms with Crippen LogP contribution in [0.5, 0.6) is 11.5 Å². The van der Waals surface area contributed by atoms with E-state index in [9.17, 15) is 14.7 Å². The number of amides is 2. The van der Waals surface area contributed by atoms with E-state index in [2.05, 4.69) is 20.4 Å². The van der Waals surface area contributed by atoms with Crippen LogP contribution in [-0.2, 0) is 15.8 Å². The number of aromatic nitrogens is 4. The van der Waals surface area contributed by atoms with Gasteiger partial charge < -0.3 is 25.6 Å². The van der Waals surface area contributed by atoms with E-state index in [1.54, 1.807) is 25.1 Å². The molecule has 4 N–H and O–H groups in total. The Kier molecular flexibility index (Phi) is 6.56. The molecule has 0 spiro atoms. The molecule has 228 valence electrons. The van der Waals surface area contributed by atoms with Crippen LogP contribution in [0, 0.1) is 11.7 Å². The van der Waals surface area contributed by atoms with Gasteiger partial charge in [0.1, 0.15) is 45.5 Å². The minimum Gasteiger partial charge on any atom is -0.494 e. The fourth-order valence-electron chi connectivity index (χ4n) is 5.84. The third-order valence-electron chi connectivity index (χ3n) is 8.90. The molecule has 0 bridgehead atoms. The van der Waals surface area contributed by atoms with Crippen LogP contribution in [0.25, 0.3) is 22.2 Å². The van der Waals surface area contributed by atoms with Gasteiger partial charge in [-0.2, -0.15) is 5.10 Å². The van der Waals surface area contributed by atoms with E-state index in [1.807, 2.05) is 10.9 Å². The lowest BCUT2D eigenvalue weighted by Gasteiger charge is -2.30. The number of hydrogen-bond donors (Lipinski definition) is 3. The van der Waals surface area contributed by atoms with Gasteiger partial charge in [-0.1, -0.05) is 11.6 Å². The largest absolute Gasteiger partial charge is 0.494 e. The zero-order valence-corrected chi connectivity index (χ0v) is 24.8. The maximum absolute atomic E-state index is 15.1. The number of fused-ring (bicyclic) bond motifs is 2. The second-order valence-corrected chi connectivity index (χ2v) is 12.4. The molecule has 3 aliphatic rings. The Morgan fingerprint density at radius 3 is 2.73 bits per heavy atom. The van der Waals surface area contributed by atoms with Gasteiger partial charge in [-0.3, -0.25) is 14.3 Å². The zero-order valence-electron chi connectivity index (χ0n) is 24.1. The van der Waals surface area contributed by atoms with E-state index >= 15 is 4.39 Å². The molecule has 7 rings (SSSR count). The third-order valence-corrected chi connectivity index (χ3v) is 9.11. The van der Waals surface area contributed by atoms with Gasteiger partial charge in [0.2, 0.25) is 5.91 Å². The highest BCUT2D eigenvalue weighted by Crippen LogP contribution is 2.50. The summed E-state index contributed by atoms with van der Waals surface area (Å²) in [6.07, 6.45) is 6.36. The highest BCUT2D eigenvalue weighted by molar-refractivity contribution is 6.29. The minimum absolute atomic E-state index is 0.00820. The van der Waals surface area contributed by atoms with Gasteiger partial charge in [0.05, 0.1) is 31.6 Å². The maximum atomic E-state index is 15.1. The second kappa shape index (κ2) is 10.1. The van der Waals surface area contributed by atoms with Crippen molar-refractivity contribution in [3.8, 4) is 22.8 Å². The summed E-state index contributed by atoms with van der Waals surface area (Å²) in [6.45, 7) is 1.34. The molecule has 11 nitrogen and oxygen atoms in total. The average Bonchev–Trinajstić information content (AvgIpc) is 3.95. The lowest BCUT2D eigenvalue weighted by molar-refractivity contribution is -0.123. The van der Waals surface area contributed by atoms with Crippen molar-refractivity contribution < 1.29 is 28.6 Å². The molecule has 2 aliphatic carbocycles. The van der Waals surface area contributed by atoms with Crippen molar-refractivity contribution >= 4 is 34.3 Å². The molecule has 4 aromatic rings. The van der Waals surface area contributed by atoms with Crippen molar-refractivity contribution in [2.75, 3.05) is 20.3 Å². The molecule has 2 saturated carbocycles. The first-order valence-corrected chi connectivity index (χ1v) is 14.8. The smallest absolute Gasteiger partial charge is 0.251 e. The number of carbonyl (C=O) groups is 2. The molecule has 4 heterocycles. The summed E-state index contributed by atoms with van der Waals surface area (Å²) in [5.74, 6) is -1.39. The lowest BCUT2D eigenvalue weighted by Crippen LogP contribution is -2.44. The molecule has 2 amide bonds. The van der Waals surface area contributed by atoms with Crippen LogP contribution in [0.2, 0.25) is 5.15 Å². The van der Waals surface area contributed by atoms with Crippen LogP contribution < -0.4 is 20.5 Å². The number of ether oxygens (including phenoxy) is 2. The van der Waals surface area contributed by atoms with E-state index < -0.39 is 28.6 Å². The van der Waals surface area contributed by atoms with Gasteiger partial charge in [-0.25, -0.2) is 14.4 Å². The number of primary amides is 1. The number of halogens is 2. The number of methoxy groups -OCH3 is 1. The Hall–Kier alpha value is -4.29. The predicted octanol–water partition coefficient (Wildman–Crippen LogP) is 3.79. The molecule has 1 aliphatic heterocycles. The lowest BCUT2D eigenvalue weighted by atomic mass is 9.81. The summed E-state index contributed by atoms with van der Waals surface area (Å²) < 4.78 is 28.4. The molecule has 1 unspecified atom stereocenters. The van der Waals surface area contributed by atoms with Crippen LogP contribution in [-0.4, -0.2) is 56.9 Å². The molecule has 2 atom stereocenters. The standard InChI is InChI=1S/C31H30ClFN6O5/c1-30(29(34)41)14-44-27-20(30)10-23(37-26(27)19-9-24(32)35-11-21(19)33)31(42,17-3-4-17)13-36-28(40)15-7-16-12-39(18-5-6-18)38-25(16)22(8-15)43-2/h7-12,17-18,42H,3-6,13-14H2,1-2H3,(H2,34,41)(H,36,40)/t30-,31?/m0/s1. The average molecular weight is 621 g/mol. The Labute approximate surface area is 256 Å². The van der Waals surface area contributed by atoms with Crippen molar-refractivity contribution in [1.29, 1.82) is 0 Å². The molecule has 0 saturated heterocycles. The number of nitrogens with one attached hydrogen (secondary N) is 1. The minimum atomic E-state index is -1.65. The first kappa shape index (κ1) is 28.5. The first-order valence-electron chi connectivity index (χ1n) is 14.4. The molecular weight excluding hydrogens is 591 g/mol. The van der Waals surface area contributed by atoms with E-state index in [0.717, 1.165) is 24.4 Å². The monoisotopic (exact) mass is 620 g/mol. The highest BCUT2D eigenvalue weighted by atomic mass is 35.5. The van der Waals surface area contributed by atoms with Gasteiger partial charge in [0.15, 0.2) is 5.82 Å². The quantitative estimate of drug-likeness (QED) is 0.239. The summed E-state index contributed by atoms with van der Waals surface area (Å²) in [6, 6.07) is 6.60. The van der Waals surface area contributed by atoms with Crippen molar-refractivity contribution in [3.63, 3.8) is 0 Å². The summed E-state index contributed by atoms with van der Waals surface area (Å²) in [5.41, 5.74) is 4.44. The summed E-state index contributed by atoms with van der Waals surface area (Å²) in [5, 5.41) is 20.5. The van der Waals surface area contributed by atoms with Crippen LogP contribution in [0.1, 0.15) is 60.3 Å². The number of carbonyl (C=O) groups excluding carboxylic acids is 2. The zero-order chi connectivity index (χ0) is 31.0. The number of nitrogens with zero attached hydrogens (tertiary/aromatic N) is 4. The van der Waals surface area contributed by atoms with Crippen LogP contribution in [0.4, 0.5) is 4.39 Å². The van der Waals surface area contributed by atoms with Crippen molar-refractivity contribution in [3.05, 3.63) is 64.5 Å². The van der Waals surface area contributed by atoms with E-state index in [-0.39, 0.29) is 46.9 Å². The Morgan fingerprint density at radius 2 is 2.05 bits per heavy atom. The van der Waals surface area contributed by atoms with Crippen LogP contribution in [0.3, 0.4) is 0 Å². The summed E-state index contributed by atoms with van der Waals surface area (Å²) in [7, 11) is 1.53. The Morgan fingerprint density at radius 1 is 1.27 bits per heavy atom. The molecule has 1 aromatic carbocycles. The highest BCUT2D eigenvalue weighted by Gasteiger charge is 2.50. The van der Waals surface area contributed by atoms with Gasteiger partial charge >= 0.3 is 0 Å². The van der Waals surface area contributed by atoms with E-state index in [1.165, 1.54) is 13.2 Å². The SMILES string of the molecule is COc1cc(C(=O)NCC(O)(c2cc3c(c(-c4cc(Cl)ncc4F)n2)OC[C@]3(C)C(N)=O)C2CC2)cc2cn(C3CC3)nc12. The second-order valence-electron chi connectivity index (χ2n) is 12.0. The molecule has 2 fully saturated rings. The van der Waals surface area contributed by atoms with E-state index in [4.69, 9.17) is 26.8 Å². The van der Waals surface area contributed by atoms with Crippen molar-refractivity contribution in [1.82, 2.24) is 25.1 Å². The summed E-state index contributed by atoms with van der Waals surface area (Å²) >= 11 is 6.10. The van der Waals surface area contributed by atoms with E-state index in [0.29, 0.717) is 41.3 Å². The van der Waals surface area contributed by atoms with Crippen LogP contribution in [0.15, 0.2) is 36.7 Å². The molecule has 0 radical (unpaired) electrons. The maximum Gasteiger partial charge on any atom is 0.251 e. The number of rotatable bonds is 9. The molecule has 44 heavy (non-hydrogen) atoms.